The van der Waals surface area contributed by atoms with Gasteiger partial charge in [0.1, 0.15) is 5.75 Å². The lowest BCUT2D eigenvalue weighted by molar-refractivity contribution is -0.117. The lowest BCUT2D eigenvalue weighted by Crippen LogP contribution is -2.50. The van der Waals surface area contributed by atoms with Gasteiger partial charge in [0.15, 0.2) is 0 Å². The van der Waals surface area contributed by atoms with Gasteiger partial charge in [-0.2, -0.15) is 0 Å². The van der Waals surface area contributed by atoms with E-state index in [1.807, 2.05) is 30.0 Å². The Bertz CT molecular complexity index is 583. The van der Waals surface area contributed by atoms with E-state index >= 15 is 0 Å². The monoisotopic (exact) mass is 335 g/mol. The summed E-state index contributed by atoms with van der Waals surface area (Å²) in [4.78, 5) is 27.6. The Morgan fingerprint density at radius 3 is 2.54 bits per heavy atom. The third-order valence-corrected chi connectivity index (χ3v) is 3.89. The maximum absolute atomic E-state index is 12.3. The standard InChI is InChI=1S/C17H25N3O4/c1-4-24-17(22)20-9-7-19(8-10-20)12-16(21)18-14-11-13(2)5-6-15(14)23-3/h5-6,11H,4,7-10,12H2,1-3H3,(H,18,21). The van der Waals surface area contributed by atoms with Crippen LogP contribution in [0.1, 0.15) is 12.5 Å². The molecule has 1 N–H and O–H groups in total. The summed E-state index contributed by atoms with van der Waals surface area (Å²) in [5.74, 6) is 0.546. The van der Waals surface area contributed by atoms with E-state index in [1.54, 1.807) is 18.9 Å². The molecule has 24 heavy (non-hydrogen) atoms. The highest BCUT2D eigenvalue weighted by atomic mass is 16.6. The number of aryl methyl sites for hydroxylation is 1. The number of carbonyl (C=O) groups excluding carboxylic acids is 2. The summed E-state index contributed by atoms with van der Waals surface area (Å²) in [6, 6.07) is 5.65. The molecule has 2 rings (SSSR count). The molecule has 7 nitrogen and oxygen atoms in total. The van der Waals surface area contributed by atoms with Gasteiger partial charge in [-0.1, -0.05) is 6.07 Å². The Morgan fingerprint density at radius 2 is 1.92 bits per heavy atom. The van der Waals surface area contributed by atoms with Gasteiger partial charge in [-0.05, 0) is 31.5 Å². The van der Waals surface area contributed by atoms with E-state index in [1.165, 1.54) is 0 Å². The van der Waals surface area contributed by atoms with Crippen molar-refractivity contribution in [1.82, 2.24) is 9.80 Å². The molecule has 0 spiro atoms. The number of nitrogens with one attached hydrogen (secondary N) is 1. The molecule has 0 aliphatic carbocycles. The molecular weight excluding hydrogens is 310 g/mol. The number of ether oxygens (including phenoxy) is 2. The van der Waals surface area contributed by atoms with E-state index in [0.717, 1.165) is 5.56 Å². The predicted octanol–water partition coefficient (Wildman–Crippen LogP) is 1.72. The third kappa shape index (κ3) is 4.86. The van der Waals surface area contributed by atoms with E-state index in [4.69, 9.17) is 9.47 Å². The lowest BCUT2D eigenvalue weighted by atomic mass is 10.2. The van der Waals surface area contributed by atoms with Gasteiger partial charge in [0.2, 0.25) is 5.91 Å². The summed E-state index contributed by atoms with van der Waals surface area (Å²) in [5, 5.41) is 2.89. The van der Waals surface area contributed by atoms with Gasteiger partial charge in [0.05, 0.1) is 25.9 Å². The normalized spacial score (nSPS) is 15.0. The number of benzene rings is 1. The molecule has 0 unspecified atom stereocenters. The zero-order valence-corrected chi connectivity index (χ0v) is 14.5. The molecule has 2 amide bonds. The number of nitrogens with zero attached hydrogens (tertiary/aromatic N) is 2. The van der Waals surface area contributed by atoms with Crippen LogP contribution >= 0.6 is 0 Å². The van der Waals surface area contributed by atoms with Crippen LogP contribution in [0.4, 0.5) is 10.5 Å². The SMILES string of the molecule is CCOC(=O)N1CCN(CC(=O)Nc2cc(C)ccc2OC)CC1. The van der Waals surface area contributed by atoms with Crippen molar-refractivity contribution in [1.29, 1.82) is 0 Å². The highest BCUT2D eigenvalue weighted by Crippen LogP contribution is 2.25. The van der Waals surface area contributed by atoms with Crippen LogP contribution in [-0.4, -0.2) is 68.2 Å². The number of anilines is 1. The van der Waals surface area contributed by atoms with Crippen LogP contribution < -0.4 is 10.1 Å². The van der Waals surface area contributed by atoms with Crippen molar-refractivity contribution in [3.63, 3.8) is 0 Å². The molecule has 1 aromatic rings. The third-order valence-electron chi connectivity index (χ3n) is 3.89. The zero-order valence-electron chi connectivity index (χ0n) is 14.5. The second-order valence-electron chi connectivity index (χ2n) is 5.71. The van der Waals surface area contributed by atoms with Crippen LogP contribution in [0, 0.1) is 6.92 Å². The fraction of sp³-hybridized carbons (Fsp3) is 0.529. The fourth-order valence-corrected chi connectivity index (χ4v) is 2.62. The van der Waals surface area contributed by atoms with Gasteiger partial charge in [0, 0.05) is 26.2 Å². The largest absolute Gasteiger partial charge is 0.495 e. The van der Waals surface area contributed by atoms with Crippen LogP contribution in [0.5, 0.6) is 5.75 Å². The predicted molar refractivity (Wildman–Crippen MR) is 91.4 cm³/mol. The number of methoxy groups -OCH3 is 1. The van der Waals surface area contributed by atoms with Crippen molar-refractivity contribution in [3.8, 4) is 5.75 Å². The molecule has 132 valence electrons. The second kappa shape index (κ2) is 8.54. The van der Waals surface area contributed by atoms with Gasteiger partial charge in [-0.3, -0.25) is 9.69 Å². The van der Waals surface area contributed by atoms with Crippen molar-refractivity contribution in [2.24, 2.45) is 0 Å². The van der Waals surface area contributed by atoms with E-state index in [0.29, 0.717) is 44.2 Å². The molecule has 0 bridgehead atoms. The number of rotatable bonds is 5. The highest BCUT2D eigenvalue weighted by Gasteiger charge is 2.23. The van der Waals surface area contributed by atoms with Crippen LogP contribution in [-0.2, 0) is 9.53 Å². The van der Waals surface area contributed by atoms with E-state index in [-0.39, 0.29) is 18.5 Å². The van der Waals surface area contributed by atoms with E-state index < -0.39 is 0 Å². The summed E-state index contributed by atoms with van der Waals surface area (Å²) < 4.78 is 10.3. The highest BCUT2D eigenvalue weighted by molar-refractivity contribution is 5.93. The van der Waals surface area contributed by atoms with Crippen molar-refractivity contribution in [3.05, 3.63) is 23.8 Å². The van der Waals surface area contributed by atoms with Gasteiger partial charge in [0.25, 0.3) is 0 Å². The summed E-state index contributed by atoms with van der Waals surface area (Å²) in [7, 11) is 1.58. The van der Waals surface area contributed by atoms with Crippen molar-refractivity contribution in [2.75, 3.05) is 51.8 Å². The average Bonchev–Trinajstić information content (AvgIpc) is 2.56. The summed E-state index contributed by atoms with van der Waals surface area (Å²) in [5.41, 5.74) is 1.72. The first-order valence-electron chi connectivity index (χ1n) is 8.12. The fourth-order valence-electron chi connectivity index (χ4n) is 2.62. The second-order valence-corrected chi connectivity index (χ2v) is 5.71. The zero-order chi connectivity index (χ0) is 17.5. The van der Waals surface area contributed by atoms with Crippen LogP contribution in [0.15, 0.2) is 18.2 Å². The number of hydrogen-bond acceptors (Lipinski definition) is 5. The molecule has 7 heteroatoms. The van der Waals surface area contributed by atoms with Crippen molar-refractivity contribution >= 4 is 17.7 Å². The first kappa shape index (κ1) is 18.1. The van der Waals surface area contributed by atoms with Gasteiger partial charge in [-0.15, -0.1) is 0 Å². The molecule has 1 saturated heterocycles. The van der Waals surface area contributed by atoms with Crippen LogP contribution in [0.2, 0.25) is 0 Å². The molecule has 1 aliphatic heterocycles. The van der Waals surface area contributed by atoms with E-state index in [2.05, 4.69) is 5.32 Å². The minimum atomic E-state index is -0.286. The molecule has 0 atom stereocenters. The topological polar surface area (TPSA) is 71.1 Å². The average molecular weight is 335 g/mol. The molecule has 0 saturated carbocycles. The quantitative estimate of drug-likeness (QED) is 0.887. The summed E-state index contributed by atoms with van der Waals surface area (Å²) in [6.07, 6.45) is -0.286. The van der Waals surface area contributed by atoms with Gasteiger partial charge < -0.3 is 19.7 Å². The minimum Gasteiger partial charge on any atom is -0.495 e. The Labute approximate surface area is 142 Å². The lowest BCUT2D eigenvalue weighted by Gasteiger charge is -2.33. The maximum atomic E-state index is 12.3. The van der Waals surface area contributed by atoms with Crippen LogP contribution in [0.25, 0.3) is 0 Å². The number of piperazine rings is 1. The Kier molecular flexibility index (Phi) is 6.43. The van der Waals surface area contributed by atoms with Gasteiger partial charge in [-0.25, -0.2) is 4.79 Å². The van der Waals surface area contributed by atoms with Crippen molar-refractivity contribution in [2.45, 2.75) is 13.8 Å². The molecule has 1 aromatic carbocycles. The molecular formula is C17H25N3O4. The van der Waals surface area contributed by atoms with Gasteiger partial charge >= 0.3 is 6.09 Å². The molecule has 1 heterocycles. The Balaban J connectivity index is 1.84. The summed E-state index contributed by atoms with van der Waals surface area (Å²) >= 11 is 0. The Morgan fingerprint density at radius 1 is 1.21 bits per heavy atom. The van der Waals surface area contributed by atoms with Crippen LogP contribution in [0.3, 0.4) is 0 Å². The van der Waals surface area contributed by atoms with E-state index in [9.17, 15) is 9.59 Å². The first-order chi connectivity index (χ1) is 11.5. The molecule has 0 aromatic heterocycles. The molecule has 1 aliphatic rings. The number of amides is 2. The maximum Gasteiger partial charge on any atom is 0.409 e. The molecule has 0 radical (unpaired) electrons. The summed E-state index contributed by atoms with van der Waals surface area (Å²) in [6.45, 7) is 6.85. The minimum absolute atomic E-state index is 0.0940. The number of carbonyl (C=O) groups is 2. The number of hydrogen-bond donors (Lipinski definition) is 1. The smallest absolute Gasteiger partial charge is 0.409 e. The Hall–Kier alpha value is -2.28. The molecule has 1 fully saturated rings. The van der Waals surface area contributed by atoms with Crippen molar-refractivity contribution < 1.29 is 19.1 Å². The first-order valence-corrected chi connectivity index (χ1v) is 8.12.